The third kappa shape index (κ3) is 2.21. The molecule has 2 nitrogen and oxygen atoms in total. The van der Waals surface area contributed by atoms with Crippen molar-refractivity contribution in [2.45, 2.75) is 71.8 Å². The summed E-state index contributed by atoms with van der Waals surface area (Å²) in [5.41, 5.74) is 2.17. The predicted molar refractivity (Wildman–Crippen MR) is 97.7 cm³/mol. The van der Waals surface area contributed by atoms with Gasteiger partial charge in [-0.2, -0.15) is 0 Å². The lowest BCUT2D eigenvalue weighted by Crippen LogP contribution is -2.61. The Hall–Kier alpha value is -1.18. The quantitative estimate of drug-likeness (QED) is 0.665. The van der Waals surface area contributed by atoms with Gasteiger partial charge < -0.3 is 9.47 Å². The maximum atomic E-state index is 6.65. The van der Waals surface area contributed by atoms with Gasteiger partial charge in [0, 0.05) is 5.92 Å². The van der Waals surface area contributed by atoms with E-state index in [0.29, 0.717) is 16.7 Å². The Balaban J connectivity index is 1.76. The maximum Gasteiger partial charge on any atom is 0.123 e. The Kier molecular flexibility index (Phi) is 3.50. The summed E-state index contributed by atoms with van der Waals surface area (Å²) in [5, 5.41) is 0. The van der Waals surface area contributed by atoms with Crippen LogP contribution >= 0.6 is 0 Å². The van der Waals surface area contributed by atoms with Gasteiger partial charge in [0.2, 0.25) is 0 Å². The van der Waals surface area contributed by atoms with Crippen LogP contribution in [0, 0.1) is 22.7 Å². The van der Waals surface area contributed by atoms with Crippen LogP contribution in [-0.4, -0.2) is 12.7 Å². The lowest BCUT2D eigenvalue weighted by atomic mass is 9.44. The Morgan fingerprint density at radius 2 is 1.83 bits per heavy atom. The van der Waals surface area contributed by atoms with Gasteiger partial charge in [0.15, 0.2) is 0 Å². The molecule has 0 radical (unpaired) electrons. The third-order valence-corrected chi connectivity index (χ3v) is 7.77. The van der Waals surface area contributed by atoms with E-state index in [1.807, 2.05) is 6.07 Å². The second-order valence-electron chi connectivity index (χ2n) is 9.58. The third-order valence-electron chi connectivity index (χ3n) is 7.77. The summed E-state index contributed by atoms with van der Waals surface area (Å²) in [7, 11) is 1.75. The molecule has 0 aromatic heterocycles. The number of fused-ring (bicyclic) bond motifs is 4. The largest absolute Gasteiger partial charge is 0.497 e. The molecule has 2 aliphatic carbocycles. The van der Waals surface area contributed by atoms with Crippen LogP contribution in [-0.2, 0) is 6.42 Å². The Labute approximate surface area is 146 Å². The van der Waals surface area contributed by atoms with E-state index in [1.54, 1.807) is 7.11 Å². The van der Waals surface area contributed by atoms with Gasteiger partial charge in [-0.15, -0.1) is 0 Å². The summed E-state index contributed by atoms with van der Waals surface area (Å²) < 4.78 is 12.1. The summed E-state index contributed by atoms with van der Waals surface area (Å²) >= 11 is 0. The van der Waals surface area contributed by atoms with Crippen LogP contribution in [0.1, 0.15) is 65.4 Å². The molecule has 3 aliphatic rings. The number of ether oxygens (including phenoxy) is 2. The average Bonchev–Trinajstić information content (AvgIpc) is 2.52. The molecule has 0 amide bonds. The molecule has 0 bridgehead atoms. The molecule has 0 saturated heterocycles. The van der Waals surface area contributed by atoms with Crippen molar-refractivity contribution in [3.63, 3.8) is 0 Å². The normalized spacial score (nSPS) is 39.9. The number of rotatable bonds is 1. The van der Waals surface area contributed by atoms with Crippen molar-refractivity contribution in [2.75, 3.05) is 7.11 Å². The van der Waals surface area contributed by atoms with Gasteiger partial charge >= 0.3 is 0 Å². The van der Waals surface area contributed by atoms with Gasteiger partial charge in [-0.25, -0.2) is 0 Å². The lowest BCUT2D eigenvalue weighted by molar-refractivity contribution is -0.162. The maximum absolute atomic E-state index is 6.65. The molecule has 2 fully saturated rings. The van der Waals surface area contributed by atoms with Gasteiger partial charge in [0.1, 0.15) is 17.1 Å². The second kappa shape index (κ2) is 5.16. The summed E-state index contributed by atoms with van der Waals surface area (Å²) in [6.07, 6.45) is 7.71. The molecule has 1 aromatic rings. The van der Waals surface area contributed by atoms with Gasteiger partial charge in [-0.3, -0.25) is 0 Å². The van der Waals surface area contributed by atoms with E-state index in [0.717, 1.165) is 23.8 Å². The molecular weight excluding hydrogens is 296 g/mol. The molecule has 2 heteroatoms. The Morgan fingerprint density at radius 1 is 1.04 bits per heavy atom. The van der Waals surface area contributed by atoms with Crippen molar-refractivity contribution in [3.05, 3.63) is 23.8 Å². The molecule has 0 N–H and O–H groups in total. The lowest BCUT2D eigenvalue weighted by Gasteiger charge is -2.63. The minimum absolute atomic E-state index is 0.0136. The highest BCUT2D eigenvalue weighted by atomic mass is 16.5. The van der Waals surface area contributed by atoms with Crippen LogP contribution < -0.4 is 9.47 Å². The summed E-state index contributed by atoms with van der Waals surface area (Å²) in [4.78, 5) is 0. The van der Waals surface area contributed by atoms with E-state index >= 15 is 0 Å². The highest BCUT2D eigenvalue weighted by Gasteiger charge is 2.60. The fraction of sp³-hybridized carbons (Fsp3) is 0.727. The van der Waals surface area contributed by atoms with Gasteiger partial charge in [-0.1, -0.05) is 27.2 Å². The second-order valence-corrected chi connectivity index (χ2v) is 9.58. The van der Waals surface area contributed by atoms with Crippen LogP contribution in [0.25, 0.3) is 0 Å². The first-order valence-corrected chi connectivity index (χ1v) is 9.64. The highest BCUT2D eigenvalue weighted by molar-refractivity contribution is 5.43. The van der Waals surface area contributed by atoms with Gasteiger partial charge in [-0.05, 0) is 79.5 Å². The summed E-state index contributed by atoms with van der Waals surface area (Å²) in [6, 6.07) is 6.32. The number of benzene rings is 1. The van der Waals surface area contributed by atoms with E-state index < -0.39 is 0 Å². The van der Waals surface area contributed by atoms with E-state index in [4.69, 9.17) is 9.47 Å². The molecule has 1 aliphatic heterocycles. The Morgan fingerprint density at radius 3 is 2.58 bits per heavy atom. The topological polar surface area (TPSA) is 18.5 Å². The molecule has 132 valence electrons. The molecule has 24 heavy (non-hydrogen) atoms. The van der Waals surface area contributed by atoms with E-state index in [2.05, 4.69) is 39.8 Å². The fourth-order valence-electron chi connectivity index (χ4n) is 6.59. The average molecular weight is 328 g/mol. The van der Waals surface area contributed by atoms with Gasteiger partial charge in [0.25, 0.3) is 0 Å². The smallest absolute Gasteiger partial charge is 0.123 e. The minimum atomic E-state index is -0.0136. The zero-order valence-corrected chi connectivity index (χ0v) is 15.9. The van der Waals surface area contributed by atoms with Crippen LogP contribution in [0.15, 0.2) is 18.2 Å². The molecule has 1 aromatic carbocycles. The van der Waals surface area contributed by atoms with Crippen molar-refractivity contribution >= 4 is 0 Å². The van der Waals surface area contributed by atoms with E-state index in [9.17, 15) is 0 Å². The first-order chi connectivity index (χ1) is 11.3. The number of hydrogen-bond acceptors (Lipinski definition) is 2. The van der Waals surface area contributed by atoms with Crippen LogP contribution in [0.2, 0.25) is 0 Å². The zero-order chi connectivity index (χ0) is 17.2. The molecule has 1 heterocycles. The molecule has 2 saturated carbocycles. The van der Waals surface area contributed by atoms with Gasteiger partial charge in [0.05, 0.1) is 7.11 Å². The van der Waals surface area contributed by atoms with Crippen molar-refractivity contribution in [2.24, 2.45) is 22.7 Å². The predicted octanol–water partition coefficient (Wildman–Crippen LogP) is 5.63. The molecule has 4 rings (SSSR count). The van der Waals surface area contributed by atoms with E-state index in [1.165, 1.54) is 37.7 Å². The van der Waals surface area contributed by atoms with Crippen LogP contribution in [0.4, 0.5) is 0 Å². The minimum Gasteiger partial charge on any atom is -0.497 e. The Bertz CT molecular complexity index is 649. The first kappa shape index (κ1) is 16.3. The SMILES string of the molecule is COc1ccc2c(c1)C[C@@H]1[C@@]3(C)CCCC(C)(C)[C@@H]3CC[C@@]1(C)O2. The van der Waals surface area contributed by atoms with Crippen molar-refractivity contribution < 1.29 is 9.47 Å². The van der Waals surface area contributed by atoms with Crippen molar-refractivity contribution in [1.29, 1.82) is 0 Å². The molecule has 0 unspecified atom stereocenters. The molecule has 0 spiro atoms. The number of hydrogen-bond donors (Lipinski definition) is 0. The standard InChI is InChI=1S/C22H32O2/c1-20(2)10-6-11-21(3)18(20)9-12-22(4)19(21)14-15-13-16(23-5)7-8-17(15)24-22/h7-8,13,18-19H,6,9-12,14H2,1-5H3/t18-,19+,21-,22+/m0/s1. The van der Waals surface area contributed by atoms with Crippen molar-refractivity contribution in [3.8, 4) is 11.5 Å². The zero-order valence-electron chi connectivity index (χ0n) is 15.9. The summed E-state index contributed by atoms with van der Waals surface area (Å²) in [5.74, 6) is 3.43. The molecular formula is C22H32O2. The van der Waals surface area contributed by atoms with Crippen LogP contribution in [0.5, 0.6) is 11.5 Å². The highest BCUT2D eigenvalue weighted by Crippen LogP contribution is 2.64. The summed E-state index contributed by atoms with van der Waals surface area (Å²) in [6.45, 7) is 9.93. The first-order valence-electron chi connectivity index (χ1n) is 9.64. The fourth-order valence-corrected chi connectivity index (χ4v) is 6.59. The number of methoxy groups -OCH3 is 1. The van der Waals surface area contributed by atoms with Crippen molar-refractivity contribution in [1.82, 2.24) is 0 Å². The molecule has 4 atom stereocenters. The van der Waals surface area contributed by atoms with E-state index in [-0.39, 0.29) is 5.60 Å². The van der Waals surface area contributed by atoms with Crippen LogP contribution in [0.3, 0.4) is 0 Å². The monoisotopic (exact) mass is 328 g/mol.